The Morgan fingerprint density at radius 1 is 1.17 bits per heavy atom. The Bertz CT molecular complexity index is 680. The highest BCUT2D eigenvalue weighted by Crippen LogP contribution is 2.29. The Morgan fingerprint density at radius 3 is 2.57 bits per heavy atom. The molecule has 0 saturated heterocycles. The Kier molecular flexibility index (Phi) is 5.24. The van der Waals surface area contributed by atoms with Gasteiger partial charge in [0.25, 0.3) is 5.91 Å². The molecule has 1 amide bonds. The molecule has 2 aromatic rings. The van der Waals surface area contributed by atoms with E-state index in [1.165, 1.54) is 39.7 Å². The molecule has 1 N–H and O–H groups in total. The molecule has 0 aliphatic heterocycles. The van der Waals surface area contributed by atoms with Crippen LogP contribution < -0.4 is 14.8 Å². The molecule has 1 aromatic heterocycles. The van der Waals surface area contributed by atoms with Gasteiger partial charge in [0.1, 0.15) is 17.8 Å². The van der Waals surface area contributed by atoms with Gasteiger partial charge in [-0.3, -0.25) is 4.79 Å². The highest BCUT2D eigenvalue weighted by molar-refractivity contribution is 5.98. The number of amides is 1. The second-order valence-corrected chi connectivity index (χ2v) is 4.62. The van der Waals surface area contributed by atoms with Gasteiger partial charge in [-0.25, -0.2) is 4.79 Å². The molecule has 0 fully saturated rings. The van der Waals surface area contributed by atoms with E-state index in [1.807, 2.05) is 0 Å². The molecule has 0 aliphatic rings. The lowest BCUT2D eigenvalue weighted by atomic mass is 10.2. The molecule has 0 unspecified atom stereocenters. The molecule has 2 rings (SSSR count). The van der Waals surface area contributed by atoms with Crippen LogP contribution in [0.4, 0.5) is 5.69 Å². The van der Waals surface area contributed by atoms with Crippen molar-refractivity contribution in [3.63, 3.8) is 0 Å². The van der Waals surface area contributed by atoms with Gasteiger partial charge in [-0.2, -0.15) is 0 Å². The molecule has 1 aromatic carbocycles. The summed E-state index contributed by atoms with van der Waals surface area (Å²) in [6, 6.07) is 6.44. The third-order valence-corrected chi connectivity index (χ3v) is 3.07. The van der Waals surface area contributed by atoms with Crippen molar-refractivity contribution in [3.8, 4) is 11.5 Å². The van der Waals surface area contributed by atoms with E-state index in [9.17, 15) is 9.59 Å². The summed E-state index contributed by atoms with van der Waals surface area (Å²) < 4.78 is 20.2. The van der Waals surface area contributed by atoms with Crippen molar-refractivity contribution >= 4 is 17.6 Å². The monoisotopic (exact) mass is 319 g/mol. The van der Waals surface area contributed by atoms with Crippen molar-refractivity contribution in [2.75, 3.05) is 19.5 Å². The minimum absolute atomic E-state index is 0.239. The predicted molar refractivity (Wildman–Crippen MR) is 81.8 cm³/mol. The zero-order chi connectivity index (χ0) is 16.8. The third kappa shape index (κ3) is 4.03. The molecule has 122 valence electrons. The van der Waals surface area contributed by atoms with Crippen LogP contribution in [0.3, 0.4) is 0 Å². The molecule has 0 bridgehead atoms. The number of esters is 1. The fourth-order valence-electron chi connectivity index (χ4n) is 1.81. The summed E-state index contributed by atoms with van der Waals surface area (Å²) in [5, 5.41) is 2.64. The number of rotatable bonds is 6. The van der Waals surface area contributed by atoms with E-state index >= 15 is 0 Å². The lowest BCUT2D eigenvalue weighted by Crippen LogP contribution is -2.30. The third-order valence-electron chi connectivity index (χ3n) is 3.07. The van der Waals surface area contributed by atoms with Gasteiger partial charge in [-0.1, -0.05) is 0 Å². The number of nitrogens with one attached hydrogen (secondary N) is 1. The highest BCUT2D eigenvalue weighted by atomic mass is 16.5. The van der Waals surface area contributed by atoms with Crippen LogP contribution in [-0.2, 0) is 9.53 Å². The summed E-state index contributed by atoms with van der Waals surface area (Å²) >= 11 is 0. The Labute approximate surface area is 133 Å². The van der Waals surface area contributed by atoms with E-state index in [2.05, 4.69) is 5.32 Å². The van der Waals surface area contributed by atoms with Gasteiger partial charge in [0.2, 0.25) is 0 Å². The van der Waals surface area contributed by atoms with Crippen molar-refractivity contribution in [2.45, 2.75) is 13.0 Å². The number of hydrogen-bond donors (Lipinski definition) is 1. The smallest absolute Gasteiger partial charge is 0.342 e. The number of ether oxygens (including phenoxy) is 3. The normalized spacial score (nSPS) is 11.4. The van der Waals surface area contributed by atoms with Crippen LogP contribution in [0.2, 0.25) is 0 Å². The summed E-state index contributed by atoms with van der Waals surface area (Å²) in [6.07, 6.45) is 1.61. The van der Waals surface area contributed by atoms with Crippen LogP contribution in [-0.4, -0.2) is 32.2 Å². The molecule has 0 radical (unpaired) electrons. The summed E-state index contributed by atoms with van der Waals surface area (Å²) in [7, 11) is 3.00. The van der Waals surface area contributed by atoms with Crippen LogP contribution >= 0.6 is 0 Å². The number of methoxy groups -OCH3 is 2. The van der Waals surface area contributed by atoms with Crippen molar-refractivity contribution in [2.24, 2.45) is 0 Å². The zero-order valence-electron chi connectivity index (χ0n) is 13.0. The largest absolute Gasteiger partial charge is 0.497 e. The molecular weight excluding hydrogens is 302 g/mol. The topological polar surface area (TPSA) is 87.0 Å². The summed E-state index contributed by atoms with van der Waals surface area (Å²) in [5.74, 6) is -0.107. The number of furan rings is 1. The maximum Gasteiger partial charge on any atom is 0.342 e. The summed E-state index contributed by atoms with van der Waals surface area (Å²) in [6.45, 7) is 1.47. The molecule has 7 heteroatoms. The van der Waals surface area contributed by atoms with Gasteiger partial charge in [0.05, 0.1) is 31.7 Å². The van der Waals surface area contributed by atoms with Crippen LogP contribution in [0.5, 0.6) is 11.5 Å². The lowest BCUT2D eigenvalue weighted by molar-refractivity contribution is -0.123. The molecule has 23 heavy (non-hydrogen) atoms. The van der Waals surface area contributed by atoms with Crippen LogP contribution in [0.15, 0.2) is 41.2 Å². The van der Waals surface area contributed by atoms with Crippen molar-refractivity contribution < 1.29 is 28.2 Å². The minimum atomic E-state index is -0.992. The first kappa shape index (κ1) is 16.4. The van der Waals surface area contributed by atoms with Crippen molar-refractivity contribution in [3.05, 3.63) is 42.4 Å². The maximum atomic E-state index is 12.2. The number of carbonyl (C=O) groups is 2. The number of benzene rings is 1. The average molecular weight is 319 g/mol. The van der Waals surface area contributed by atoms with E-state index in [-0.39, 0.29) is 5.56 Å². The molecule has 0 saturated carbocycles. The Balaban J connectivity index is 2.04. The fraction of sp³-hybridized carbons (Fsp3) is 0.250. The lowest BCUT2D eigenvalue weighted by Gasteiger charge is -2.15. The van der Waals surface area contributed by atoms with Gasteiger partial charge < -0.3 is 23.9 Å². The average Bonchev–Trinajstić information content (AvgIpc) is 3.09. The Hall–Kier alpha value is -2.96. The number of hydrogen-bond acceptors (Lipinski definition) is 6. The van der Waals surface area contributed by atoms with Crippen molar-refractivity contribution in [1.82, 2.24) is 0 Å². The van der Waals surface area contributed by atoms with Gasteiger partial charge in [0, 0.05) is 6.07 Å². The molecule has 0 aliphatic carbocycles. The fourth-order valence-corrected chi connectivity index (χ4v) is 1.81. The first-order valence-electron chi connectivity index (χ1n) is 6.81. The maximum absolute atomic E-state index is 12.2. The Morgan fingerprint density at radius 2 is 1.96 bits per heavy atom. The minimum Gasteiger partial charge on any atom is -0.497 e. The van der Waals surface area contributed by atoms with Gasteiger partial charge in [-0.15, -0.1) is 0 Å². The SMILES string of the molecule is COc1ccc(OC)c(NC(=O)[C@@H](C)OC(=O)c2ccoc2)c1. The molecule has 1 heterocycles. The predicted octanol–water partition coefficient (Wildman–Crippen LogP) is 2.48. The summed E-state index contributed by atoms with van der Waals surface area (Å²) in [4.78, 5) is 24.0. The molecule has 1 atom stereocenters. The number of anilines is 1. The standard InChI is InChI=1S/C16H17NO6/c1-10(23-16(19)11-6-7-22-9-11)15(18)17-13-8-12(20-2)4-5-14(13)21-3/h4-10H,1-3H3,(H,17,18)/t10-/m1/s1. The molecule has 0 spiro atoms. The van der Waals surface area contributed by atoms with Gasteiger partial charge in [0.15, 0.2) is 6.10 Å². The van der Waals surface area contributed by atoms with Crippen LogP contribution in [0.25, 0.3) is 0 Å². The van der Waals surface area contributed by atoms with Crippen LogP contribution in [0, 0.1) is 0 Å². The number of carbonyl (C=O) groups excluding carboxylic acids is 2. The molecular formula is C16H17NO6. The first-order valence-corrected chi connectivity index (χ1v) is 6.81. The van der Waals surface area contributed by atoms with E-state index in [1.54, 1.807) is 18.2 Å². The van der Waals surface area contributed by atoms with Gasteiger partial charge >= 0.3 is 5.97 Å². The quantitative estimate of drug-likeness (QED) is 0.823. The van der Waals surface area contributed by atoms with Crippen LogP contribution in [0.1, 0.15) is 17.3 Å². The van der Waals surface area contributed by atoms with Gasteiger partial charge in [-0.05, 0) is 25.1 Å². The second kappa shape index (κ2) is 7.35. The van der Waals surface area contributed by atoms with E-state index in [0.29, 0.717) is 17.2 Å². The van der Waals surface area contributed by atoms with E-state index in [0.717, 1.165) is 0 Å². The highest BCUT2D eigenvalue weighted by Gasteiger charge is 2.21. The first-order chi connectivity index (χ1) is 11.0. The van der Waals surface area contributed by atoms with E-state index < -0.39 is 18.0 Å². The zero-order valence-corrected chi connectivity index (χ0v) is 13.0. The summed E-state index contributed by atoms with van der Waals surface area (Å²) in [5.41, 5.74) is 0.659. The molecule has 7 nitrogen and oxygen atoms in total. The van der Waals surface area contributed by atoms with Crippen molar-refractivity contribution in [1.29, 1.82) is 0 Å². The second-order valence-electron chi connectivity index (χ2n) is 4.62. The van der Waals surface area contributed by atoms with E-state index in [4.69, 9.17) is 18.6 Å².